The maximum absolute atomic E-state index is 12.6. The van der Waals surface area contributed by atoms with Gasteiger partial charge in [-0.2, -0.15) is 5.26 Å². The Bertz CT molecular complexity index is 419. The topological polar surface area (TPSA) is 53.0 Å². The van der Waals surface area contributed by atoms with Gasteiger partial charge in [0, 0.05) is 25.3 Å². The first kappa shape index (κ1) is 10.9. The molecule has 1 saturated heterocycles. The normalized spacial score (nSPS) is 16.8. The lowest BCUT2D eigenvalue weighted by molar-refractivity contribution is 0.0671. The summed E-state index contributed by atoms with van der Waals surface area (Å²) in [4.78, 5) is 2.06. The van der Waals surface area contributed by atoms with E-state index < -0.39 is 6.17 Å². The van der Waals surface area contributed by atoms with Gasteiger partial charge in [-0.05, 0) is 24.1 Å². The highest BCUT2D eigenvalue weighted by molar-refractivity contribution is 5.52. The van der Waals surface area contributed by atoms with Crippen molar-refractivity contribution in [2.24, 2.45) is 0 Å². The quantitative estimate of drug-likeness (QED) is 0.780. The number of hydrogen-bond acceptors (Lipinski definition) is 3. The molecule has 0 aromatic heterocycles. The number of nitrogens with two attached hydrogens (primary N) is 1. The molecule has 1 heterocycles. The molecule has 1 aromatic rings. The van der Waals surface area contributed by atoms with Gasteiger partial charge in [0.2, 0.25) is 0 Å². The highest BCUT2D eigenvalue weighted by atomic mass is 19.1. The van der Waals surface area contributed by atoms with Crippen molar-refractivity contribution in [3.63, 3.8) is 0 Å². The van der Waals surface area contributed by atoms with Crippen LogP contribution in [0.4, 0.5) is 10.1 Å². The first-order valence-electron chi connectivity index (χ1n) is 5.34. The van der Waals surface area contributed by atoms with E-state index in [1.165, 1.54) is 0 Å². The van der Waals surface area contributed by atoms with Crippen LogP contribution in [0.2, 0.25) is 0 Å². The summed E-state index contributed by atoms with van der Waals surface area (Å²) < 4.78 is 12.6. The van der Waals surface area contributed by atoms with E-state index in [2.05, 4.69) is 4.90 Å². The minimum absolute atomic E-state index is 0.538. The summed E-state index contributed by atoms with van der Waals surface area (Å²) in [6.07, 6.45) is 0.155. The summed E-state index contributed by atoms with van der Waals surface area (Å²) in [5, 5.41) is 8.69. The standard InChI is InChI=1S/C12H14FN3/c13-11-7-16(8-11)4-3-10-2-1-9(6-14)5-12(10)15/h1-2,5,11H,3-4,7-8,15H2. The molecule has 0 spiro atoms. The zero-order chi connectivity index (χ0) is 11.5. The zero-order valence-electron chi connectivity index (χ0n) is 8.99. The second kappa shape index (κ2) is 4.50. The second-order valence-corrected chi connectivity index (χ2v) is 4.13. The largest absolute Gasteiger partial charge is 0.398 e. The van der Waals surface area contributed by atoms with Crippen LogP contribution in [-0.2, 0) is 6.42 Å². The summed E-state index contributed by atoms with van der Waals surface area (Å²) in [7, 11) is 0. The van der Waals surface area contributed by atoms with Crippen molar-refractivity contribution >= 4 is 5.69 Å². The molecule has 2 N–H and O–H groups in total. The molecule has 0 aliphatic carbocycles. The van der Waals surface area contributed by atoms with Crippen molar-refractivity contribution in [2.75, 3.05) is 25.4 Å². The number of anilines is 1. The van der Waals surface area contributed by atoms with Crippen LogP contribution >= 0.6 is 0 Å². The average Bonchev–Trinajstić information content (AvgIpc) is 2.24. The van der Waals surface area contributed by atoms with E-state index in [9.17, 15) is 4.39 Å². The lowest BCUT2D eigenvalue weighted by Crippen LogP contribution is -2.48. The van der Waals surface area contributed by atoms with E-state index in [4.69, 9.17) is 11.0 Å². The van der Waals surface area contributed by atoms with Crippen molar-refractivity contribution in [2.45, 2.75) is 12.6 Å². The molecule has 1 fully saturated rings. The molecule has 3 nitrogen and oxygen atoms in total. The Morgan fingerprint density at radius 2 is 2.25 bits per heavy atom. The Balaban J connectivity index is 1.92. The number of rotatable bonds is 3. The zero-order valence-corrected chi connectivity index (χ0v) is 8.99. The molecule has 0 radical (unpaired) electrons. The fourth-order valence-corrected chi connectivity index (χ4v) is 1.86. The first-order valence-corrected chi connectivity index (χ1v) is 5.34. The molecular formula is C12H14FN3. The van der Waals surface area contributed by atoms with Crippen LogP contribution in [0.3, 0.4) is 0 Å². The molecule has 0 atom stereocenters. The molecule has 0 bridgehead atoms. The predicted octanol–water partition coefficient (Wildman–Crippen LogP) is 1.34. The Morgan fingerprint density at radius 1 is 1.50 bits per heavy atom. The van der Waals surface area contributed by atoms with Crippen molar-refractivity contribution in [1.82, 2.24) is 4.90 Å². The number of nitriles is 1. The van der Waals surface area contributed by atoms with Crippen LogP contribution in [-0.4, -0.2) is 30.7 Å². The highest BCUT2D eigenvalue weighted by Gasteiger charge is 2.25. The van der Waals surface area contributed by atoms with Crippen molar-refractivity contribution in [1.29, 1.82) is 5.26 Å². The third-order valence-electron chi connectivity index (χ3n) is 2.88. The molecule has 4 heteroatoms. The molecule has 1 aromatic carbocycles. The van der Waals surface area contributed by atoms with Gasteiger partial charge in [-0.1, -0.05) is 6.07 Å². The number of halogens is 1. The van der Waals surface area contributed by atoms with Crippen LogP contribution < -0.4 is 5.73 Å². The predicted molar refractivity (Wildman–Crippen MR) is 60.6 cm³/mol. The Morgan fingerprint density at radius 3 is 2.81 bits per heavy atom. The molecule has 0 amide bonds. The lowest BCUT2D eigenvalue weighted by Gasteiger charge is -2.34. The molecule has 16 heavy (non-hydrogen) atoms. The van der Waals surface area contributed by atoms with E-state index in [0.29, 0.717) is 24.3 Å². The Hall–Kier alpha value is -1.60. The van der Waals surface area contributed by atoms with Gasteiger partial charge in [0.15, 0.2) is 0 Å². The van der Waals surface area contributed by atoms with Crippen molar-refractivity contribution < 1.29 is 4.39 Å². The maximum atomic E-state index is 12.6. The van der Waals surface area contributed by atoms with Gasteiger partial charge >= 0.3 is 0 Å². The molecule has 1 aliphatic heterocycles. The van der Waals surface area contributed by atoms with Crippen LogP contribution in [0.5, 0.6) is 0 Å². The smallest absolute Gasteiger partial charge is 0.125 e. The van der Waals surface area contributed by atoms with Gasteiger partial charge in [-0.15, -0.1) is 0 Å². The summed E-state index contributed by atoms with van der Waals surface area (Å²) in [5.41, 5.74) is 8.08. The number of nitrogens with zero attached hydrogens (tertiary/aromatic N) is 2. The highest BCUT2D eigenvalue weighted by Crippen LogP contribution is 2.17. The lowest BCUT2D eigenvalue weighted by atomic mass is 10.1. The molecule has 84 valence electrons. The van der Waals surface area contributed by atoms with Gasteiger partial charge < -0.3 is 5.73 Å². The minimum Gasteiger partial charge on any atom is -0.398 e. The van der Waals surface area contributed by atoms with Crippen LogP contribution in [0.15, 0.2) is 18.2 Å². The van der Waals surface area contributed by atoms with Gasteiger partial charge in [-0.3, -0.25) is 4.90 Å². The second-order valence-electron chi connectivity index (χ2n) is 4.13. The summed E-state index contributed by atoms with van der Waals surface area (Å²) >= 11 is 0. The maximum Gasteiger partial charge on any atom is 0.125 e. The number of alkyl halides is 1. The van der Waals surface area contributed by atoms with Crippen molar-refractivity contribution in [3.8, 4) is 6.07 Å². The summed E-state index contributed by atoms with van der Waals surface area (Å²) in [6.45, 7) is 1.91. The number of likely N-dealkylation sites (tertiary alicyclic amines) is 1. The Labute approximate surface area is 94.3 Å². The van der Waals surface area contributed by atoms with Gasteiger partial charge in [0.1, 0.15) is 6.17 Å². The van der Waals surface area contributed by atoms with Crippen LogP contribution in [0.25, 0.3) is 0 Å². The van der Waals surface area contributed by atoms with E-state index in [0.717, 1.165) is 18.5 Å². The SMILES string of the molecule is N#Cc1ccc(CCN2CC(F)C2)c(N)c1. The third-order valence-corrected chi connectivity index (χ3v) is 2.88. The summed E-state index contributed by atoms with van der Waals surface area (Å²) in [6, 6.07) is 7.37. The molecule has 1 aliphatic rings. The van der Waals surface area contributed by atoms with E-state index in [1.54, 1.807) is 12.1 Å². The minimum atomic E-state index is -0.654. The Kier molecular flexibility index (Phi) is 3.07. The molecular weight excluding hydrogens is 205 g/mol. The number of benzene rings is 1. The van der Waals surface area contributed by atoms with E-state index in [-0.39, 0.29) is 0 Å². The van der Waals surface area contributed by atoms with E-state index in [1.807, 2.05) is 12.1 Å². The molecule has 0 saturated carbocycles. The third kappa shape index (κ3) is 2.31. The molecule has 0 unspecified atom stereocenters. The average molecular weight is 219 g/mol. The number of nitrogen functional groups attached to an aromatic ring is 1. The fourth-order valence-electron chi connectivity index (χ4n) is 1.86. The molecule has 2 rings (SSSR count). The van der Waals surface area contributed by atoms with Crippen LogP contribution in [0, 0.1) is 11.3 Å². The van der Waals surface area contributed by atoms with Gasteiger partial charge in [0.05, 0.1) is 11.6 Å². The van der Waals surface area contributed by atoms with Gasteiger partial charge in [0.25, 0.3) is 0 Å². The first-order chi connectivity index (χ1) is 7.69. The fraction of sp³-hybridized carbons (Fsp3) is 0.417. The van der Waals surface area contributed by atoms with Crippen molar-refractivity contribution in [3.05, 3.63) is 29.3 Å². The monoisotopic (exact) mass is 219 g/mol. The number of hydrogen-bond donors (Lipinski definition) is 1. The van der Waals surface area contributed by atoms with Gasteiger partial charge in [-0.25, -0.2) is 4.39 Å². The summed E-state index contributed by atoms with van der Waals surface area (Å²) in [5.74, 6) is 0. The van der Waals surface area contributed by atoms with E-state index >= 15 is 0 Å². The van der Waals surface area contributed by atoms with Crippen LogP contribution in [0.1, 0.15) is 11.1 Å².